The minimum atomic E-state index is -0.753. The quantitative estimate of drug-likeness (QED) is 0.907. The van der Waals surface area contributed by atoms with Crippen LogP contribution in [0.25, 0.3) is 10.9 Å². The van der Waals surface area contributed by atoms with Crippen molar-refractivity contribution in [3.05, 3.63) is 35.5 Å². The first kappa shape index (κ1) is 16.0. The number of benzene rings is 1. The molecule has 2 heterocycles. The molecule has 2 atom stereocenters. The number of hydrogen-bond donors (Lipinski definition) is 2. The van der Waals surface area contributed by atoms with Crippen molar-refractivity contribution in [2.45, 2.75) is 25.4 Å². The Bertz CT molecular complexity index is 722. The van der Waals surface area contributed by atoms with Crippen LogP contribution >= 0.6 is 0 Å². The van der Waals surface area contributed by atoms with Gasteiger partial charge in [0.2, 0.25) is 5.91 Å². The first-order valence-electron chi connectivity index (χ1n) is 8.05. The summed E-state index contributed by atoms with van der Waals surface area (Å²) < 4.78 is 6.12. The lowest BCUT2D eigenvalue weighted by Gasteiger charge is -2.40. The molecule has 124 valence electrons. The number of carbonyl (C=O) groups is 1. The Morgan fingerprint density at radius 2 is 2.17 bits per heavy atom. The number of rotatable bonds is 4. The summed E-state index contributed by atoms with van der Waals surface area (Å²) in [5.74, 6) is -0.442. The van der Waals surface area contributed by atoms with Crippen LogP contribution in [0.15, 0.2) is 24.3 Å². The van der Waals surface area contributed by atoms with Gasteiger partial charge in [0, 0.05) is 31.6 Å². The molecule has 1 aromatic carbocycles. The van der Waals surface area contributed by atoms with Gasteiger partial charge >= 0.3 is 0 Å². The molecule has 1 aliphatic rings. The predicted molar refractivity (Wildman–Crippen MR) is 89.2 cm³/mol. The number of aromatic amines is 1. The van der Waals surface area contributed by atoms with E-state index < -0.39 is 11.5 Å². The summed E-state index contributed by atoms with van der Waals surface area (Å²) in [4.78, 5) is 17.7. The fourth-order valence-corrected chi connectivity index (χ4v) is 3.67. The molecule has 2 aromatic rings. The summed E-state index contributed by atoms with van der Waals surface area (Å²) in [6.07, 6.45) is 1.21. The van der Waals surface area contributed by atoms with Crippen molar-refractivity contribution in [1.29, 1.82) is 0 Å². The second-order valence-corrected chi connectivity index (χ2v) is 6.53. The highest BCUT2D eigenvalue weighted by Crippen LogP contribution is 2.43. The standard InChI is InChI=1S/C18H24N2O3/c1-18(14(8-10-21)17(22)20(2)3)16-13(9-11-23-18)12-6-4-5-7-15(12)19-16/h4-7,14,19,21H,8-11H2,1-3H3. The second-order valence-electron chi connectivity index (χ2n) is 6.53. The Morgan fingerprint density at radius 1 is 1.43 bits per heavy atom. The molecule has 0 aliphatic carbocycles. The van der Waals surface area contributed by atoms with E-state index in [1.165, 1.54) is 10.9 Å². The van der Waals surface area contributed by atoms with E-state index in [-0.39, 0.29) is 12.5 Å². The van der Waals surface area contributed by atoms with Gasteiger partial charge in [0.25, 0.3) is 0 Å². The van der Waals surface area contributed by atoms with Gasteiger partial charge in [-0.25, -0.2) is 0 Å². The predicted octanol–water partition coefficient (Wildman–Crippen LogP) is 2.04. The highest BCUT2D eigenvalue weighted by molar-refractivity contribution is 5.86. The Morgan fingerprint density at radius 3 is 2.87 bits per heavy atom. The first-order chi connectivity index (χ1) is 11.0. The van der Waals surface area contributed by atoms with Crippen LogP contribution in [0.3, 0.4) is 0 Å². The molecule has 1 aliphatic heterocycles. The lowest BCUT2D eigenvalue weighted by Crippen LogP contribution is -2.47. The zero-order valence-corrected chi connectivity index (χ0v) is 13.9. The zero-order valence-electron chi connectivity index (χ0n) is 13.9. The van der Waals surface area contributed by atoms with Crippen LogP contribution in [-0.2, 0) is 21.6 Å². The van der Waals surface area contributed by atoms with E-state index in [1.54, 1.807) is 19.0 Å². The van der Waals surface area contributed by atoms with Crippen LogP contribution in [0.2, 0.25) is 0 Å². The summed E-state index contributed by atoms with van der Waals surface area (Å²) in [6.45, 7) is 2.49. The van der Waals surface area contributed by atoms with Gasteiger partial charge in [0.1, 0.15) is 5.60 Å². The lowest BCUT2D eigenvalue weighted by molar-refractivity contribution is -0.153. The Labute approximate surface area is 136 Å². The molecule has 0 fully saturated rings. The molecule has 1 aromatic heterocycles. The number of H-pyrrole nitrogens is 1. The molecule has 3 rings (SSSR count). The summed E-state index contributed by atoms with van der Waals surface area (Å²) in [5.41, 5.74) is 2.51. The van der Waals surface area contributed by atoms with E-state index >= 15 is 0 Å². The van der Waals surface area contributed by atoms with Crippen molar-refractivity contribution in [3.63, 3.8) is 0 Å². The number of hydrogen-bond acceptors (Lipinski definition) is 3. The molecule has 5 nitrogen and oxygen atoms in total. The molecule has 0 bridgehead atoms. The van der Waals surface area contributed by atoms with E-state index in [2.05, 4.69) is 11.1 Å². The maximum absolute atomic E-state index is 12.7. The third-order valence-electron chi connectivity index (χ3n) is 4.89. The summed E-state index contributed by atoms with van der Waals surface area (Å²) >= 11 is 0. The molecule has 5 heteroatoms. The van der Waals surface area contributed by atoms with Gasteiger partial charge in [-0.1, -0.05) is 18.2 Å². The van der Waals surface area contributed by atoms with Crippen molar-refractivity contribution >= 4 is 16.8 Å². The number of fused-ring (bicyclic) bond motifs is 3. The maximum Gasteiger partial charge on any atom is 0.228 e. The summed E-state index contributed by atoms with van der Waals surface area (Å²) in [6, 6.07) is 8.17. The van der Waals surface area contributed by atoms with E-state index in [9.17, 15) is 9.90 Å². The zero-order chi connectivity index (χ0) is 16.6. The van der Waals surface area contributed by atoms with E-state index in [0.29, 0.717) is 13.0 Å². The number of aliphatic hydroxyl groups excluding tert-OH is 1. The number of nitrogens with one attached hydrogen (secondary N) is 1. The number of aliphatic hydroxyl groups is 1. The molecule has 0 saturated carbocycles. The van der Waals surface area contributed by atoms with Crippen molar-refractivity contribution < 1.29 is 14.6 Å². The monoisotopic (exact) mass is 316 g/mol. The van der Waals surface area contributed by atoms with Crippen molar-refractivity contribution in [2.75, 3.05) is 27.3 Å². The summed E-state index contributed by atoms with van der Waals surface area (Å²) in [7, 11) is 3.48. The van der Waals surface area contributed by atoms with Crippen molar-refractivity contribution in [1.82, 2.24) is 9.88 Å². The topological polar surface area (TPSA) is 65.6 Å². The highest BCUT2D eigenvalue weighted by Gasteiger charge is 2.46. The van der Waals surface area contributed by atoms with Crippen LogP contribution in [0, 0.1) is 5.92 Å². The fourth-order valence-electron chi connectivity index (χ4n) is 3.67. The Balaban J connectivity index is 2.13. The second kappa shape index (κ2) is 5.98. The number of nitrogens with zero attached hydrogens (tertiary/aromatic N) is 1. The van der Waals surface area contributed by atoms with Gasteiger partial charge in [-0.05, 0) is 31.4 Å². The average molecular weight is 316 g/mol. The van der Waals surface area contributed by atoms with E-state index in [0.717, 1.165) is 17.6 Å². The van der Waals surface area contributed by atoms with Gasteiger partial charge in [-0.2, -0.15) is 0 Å². The molecule has 2 N–H and O–H groups in total. The van der Waals surface area contributed by atoms with Crippen LogP contribution < -0.4 is 0 Å². The van der Waals surface area contributed by atoms with Gasteiger partial charge < -0.3 is 19.7 Å². The molecule has 0 saturated heterocycles. The number of amides is 1. The third-order valence-corrected chi connectivity index (χ3v) is 4.89. The van der Waals surface area contributed by atoms with Gasteiger partial charge in [0.05, 0.1) is 18.2 Å². The van der Waals surface area contributed by atoms with Crippen LogP contribution in [0.1, 0.15) is 24.6 Å². The number of para-hydroxylation sites is 1. The van der Waals surface area contributed by atoms with Crippen LogP contribution in [-0.4, -0.2) is 48.2 Å². The number of aromatic nitrogens is 1. The van der Waals surface area contributed by atoms with E-state index in [4.69, 9.17) is 4.74 Å². The molecule has 1 amide bonds. The van der Waals surface area contributed by atoms with Gasteiger partial charge in [0.15, 0.2) is 0 Å². The minimum Gasteiger partial charge on any atom is -0.396 e. The molecule has 23 heavy (non-hydrogen) atoms. The minimum absolute atomic E-state index is 0.0203. The molecular formula is C18H24N2O3. The average Bonchev–Trinajstić information content (AvgIpc) is 2.92. The largest absolute Gasteiger partial charge is 0.396 e. The fraction of sp³-hybridized carbons (Fsp3) is 0.500. The maximum atomic E-state index is 12.7. The lowest BCUT2D eigenvalue weighted by atomic mass is 9.79. The van der Waals surface area contributed by atoms with Crippen LogP contribution in [0.4, 0.5) is 0 Å². The van der Waals surface area contributed by atoms with Crippen molar-refractivity contribution in [3.8, 4) is 0 Å². The Hall–Kier alpha value is -1.85. The first-order valence-corrected chi connectivity index (χ1v) is 8.05. The summed E-state index contributed by atoms with van der Waals surface area (Å²) in [5, 5.41) is 10.7. The van der Waals surface area contributed by atoms with E-state index in [1.807, 2.05) is 25.1 Å². The number of ether oxygens (including phenoxy) is 1. The van der Waals surface area contributed by atoms with Gasteiger partial charge in [-0.15, -0.1) is 0 Å². The number of carbonyl (C=O) groups excluding carboxylic acids is 1. The smallest absolute Gasteiger partial charge is 0.228 e. The van der Waals surface area contributed by atoms with Crippen molar-refractivity contribution in [2.24, 2.45) is 5.92 Å². The molecule has 0 spiro atoms. The third kappa shape index (κ3) is 2.54. The normalized spacial score (nSPS) is 21.9. The van der Waals surface area contributed by atoms with Crippen LogP contribution in [0.5, 0.6) is 0 Å². The Kier molecular flexibility index (Phi) is 4.17. The molecular weight excluding hydrogens is 292 g/mol. The molecule has 2 unspecified atom stereocenters. The highest BCUT2D eigenvalue weighted by atomic mass is 16.5. The SMILES string of the molecule is CN(C)C(=O)C(CCO)C1(C)OCCc2c1[nH]c1ccccc21. The van der Waals surface area contributed by atoms with Gasteiger partial charge in [-0.3, -0.25) is 4.79 Å². The molecule has 0 radical (unpaired) electrons.